The number of hydroxylamine groups is 1. The predicted molar refractivity (Wildman–Crippen MR) is 51.6 cm³/mol. The van der Waals surface area contributed by atoms with Gasteiger partial charge in [-0.05, 0) is 12.1 Å². The van der Waals surface area contributed by atoms with E-state index in [0.717, 1.165) is 0 Å². The van der Waals surface area contributed by atoms with Gasteiger partial charge in [0.15, 0.2) is 0 Å². The number of rotatable bonds is 1. The lowest BCUT2D eigenvalue weighted by atomic mass is 10.1. The van der Waals surface area contributed by atoms with Crippen LogP contribution in [0.4, 0.5) is 0 Å². The van der Waals surface area contributed by atoms with E-state index < -0.39 is 11.9 Å². The molecule has 0 aliphatic heterocycles. The van der Waals surface area contributed by atoms with Crippen molar-refractivity contribution in [1.82, 2.24) is 5.48 Å². The first-order chi connectivity index (χ1) is 7.15. The minimum absolute atomic E-state index is 0.119. The first-order valence-corrected chi connectivity index (χ1v) is 3.95. The molecule has 0 saturated heterocycles. The zero-order valence-electron chi connectivity index (χ0n) is 7.65. The minimum atomic E-state index is -0.762. The average Bonchev–Trinajstić information content (AvgIpc) is 2.25. The van der Waals surface area contributed by atoms with Crippen LogP contribution in [-0.4, -0.2) is 11.9 Å². The lowest BCUT2D eigenvalue weighted by Crippen LogP contribution is -2.32. The standard InChI is InChI=1S/C9H8N4O2/c10-5-6-3-1-2-4-7(6)8(14)15-13-9(11)12/h1-4H,(H4,11,12,13). The number of hydrogen-bond acceptors (Lipinski definition) is 4. The number of nitriles is 1. The van der Waals surface area contributed by atoms with Gasteiger partial charge < -0.3 is 10.6 Å². The van der Waals surface area contributed by atoms with Crippen LogP contribution in [0.3, 0.4) is 0 Å². The van der Waals surface area contributed by atoms with Crippen LogP contribution in [0.1, 0.15) is 15.9 Å². The summed E-state index contributed by atoms with van der Waals surface area (Å²) in [4.78, 5) is 15.8. The fourth-order valence-electron chi connectivity index (χ4n) is 0.915. The number of guanidine groups is 1. The van der Waals surface area contributed by atoms with Crippen LogP contribution < -0.4 is 11.2 Å². The van der Waals surface area contributed by atoms with E-state index in [4.69, 9.17) is 16.4 Å². The number of hydrogen-bond donors (Lipinski definition) is 3. The van der Waals surface area contributed by atoms with Crippen molar-refractivity contribution in [2.24, 2.45) is 5.73 Å². The Labute approximate surface area is 85.7 Å². The highest BCUT2D eigenvalue weighted by Gasteiger charge is 2.12. The maximum absolute atomic E-state index is 11.3. The first-order valence-electron chi connectivity index (χ1n) is 3.95. The van der Waals surface area contributed by atoms with E-state index in [1.54, 1.807) is 12.1 Å². The zero-order valence-corrected chi connectivity index (χ0v) is 7.65. The van der Waals surface area contributed by atoms with Gasteiger partial charge in [-0.25, -0.2) is 4.79 Å². The third-order valence-electron chi connectivity index (χ3n) is 1.52. The third kappa shape index (κ3) is 2.70. The molecule has 0 radical (unpaired) electrons. The van der Waals surface area contributed by atoms with Crippen LogP contribution in [0.25, 0.3) is 0 Å². The molecule has 6 nitrogen and oxygen atoms in total. The molecule has 0 fully saturated rings. The van der Waals surface area contributed by atoms with Crippen molar-refractivity contribution in [3.8, 4) is 6.07 Å². The molecule has 0 atom stereocenters. The van der Waals surface area contributed by atoms with Crippen LogP contribution >= 0.6 is 0 Å². The fourth-order valence-corrected chi connectivity index (χ4v) is 0.915. The summed E-state index contributed by atoms with van der Waals surface area (Å²) >= 11 is 0. The van der Waals surface area contributed by atoms with Gasteiger partial charge in [0.1, 0.15) is 6.07 Å². The Morgan fingerprint density at radius 3 is 2.80 bits per heavy atom. The van der Waals surface area contributed by atoms with E-state index in [1.807, 2.05) is 11.5 Å². The summed E-state index contributed by atoms with van der Waals surface area (Å²) < 4.78 is 0. The van der Waals surface area contributed by atoms with Gasteiger partial charge in [0, 0.05) is 0 Å². The summed E-state index contributed by atoms with van der Waals surface area (Å²) in [6, 6.07) is 8.02. The largest absolute Gasteiger partial charge is 0.368 e. The Kier molecular flexibility index (Phi) is 3.24. The van der Waals surface area contributed by atoms with Gasteiger partial charge in [-0.2, -0.15) is 10.7 Å². The summed E-state index contributed by atoms with van der Waals surface area (Å²) in [6.07, 6.45) is 0. The molecule has 6 heteroatoms. The molecule has 1 aromatic carbocycles. The quantitative estimate of drug-likeness (QED) is 0.341. The summed E-state index contributed by atoms with van der Waals surface area (Å²) in [5.74, 6) is -1.25. The van der Waals surface area contributed by atoms with Crippen molar-refractivity contribution < 1.29 is 9.63 Å². The Bertz CT molecular complexity index is 436. The van der Waals surface area contributed by atoms with Crippen molar-refractivity contribution in [2.75, 3.05) is 0 Å². The Hall–Kier alpha value is -2.55. The monoisotopic (exact) mass is 204 g/mol. The van der Waals surface area contributed by atoms with Crippen molar-refractivity contribution >= 4 is 11.9 Å². The van der Waals surface area contributed by atoms with E-state index in [9.17, 15) is 4.79 Å². The smallest absolute Gasteiger partial charge is 0.364 e. The molecule has 0 saturated carbocycles. The van der Waals surface area contributed by atoms with E-state index >= 15 is 0 Å². The van der Waals surface area contributed by atoms with Crippen LogP contribution in [0, 0.1) is 16.7 Å². The average molecular weight is 204 g/mol. The molecule has 76 valence electrons. The zero-order chi connectivity index (χ0) is 11.3. The normalized spacial score (nSPS) is 8.73. The number of nitrogens with one attached hydrogen (secondary N) is 2. The van der Waals surface area contributed by atoms with E-state index in [1.165, 1.54) is 12.1 Å². The second kappa shape index (κ2) is 4.62. The predicted octanol–water partition coefficient (Wildman–Crippen LogP) is 0.113. The molecular formula is C9H8N4O2. The first kappa shape index (κ1) is 10.5. The lowest BCUT2D eigenvalue weighted by molar-refractivity contribution is 0.0382. The van der Waals surface area contributed by atoms with Gasteiger partial charge >= 0.3 is 5.97 Å². The van der Waals surface area contributed by atoms with Gasteiger partial charge in [0.25, 0.3) is 0 Å². The molecule has 0 aliphatic rings. The van der Waals surface area contributed by atoms with Gasteiger partial charge in [-0.1, -0.05) is 12.1 Å². The maximum Gasteiger partial charge on any atom is 0.364 e. The van der Waals surface area contributed by atoms with Crippen molar-refractivity contribution in [3.63, 3.8) is 0 Å². The Morgan fingerprint density at radius 2 is 2.20 bits per heavy atom. The summed E-state index contributed by atoms with van der Waals surface area (Å²) in [5.41, 5.74) is 7.14. The third-order valence-corrected chi connectivity index (χ3v) is 1.52. The van der Waals surface area contributed by atoms with E-state index in [-0.39, 0.29) is 11.1 Å². The molecule has 0 unspecified atom stereocenters. The van der Waals surface area contributed by atoms with Crippen LogP contribution in [0.2, 0.25) is 0 Å². The van der Waals surface area contributed by atoms with Crippen LogP contribution in [0.15, 0.2) is 24.3 Å². The van der Waals surface area contributed by atoms with Crippen molar-refractivity contribution in [3.05, 3.63) is 35.4 Å². The molecule has 15 heavy (non-hydrogen) atoms. The second-order valence-electron chi connectivity index (χ2n) is 2.56. The SMILES string of the molecule is N#Cc1ccccc1C(=O)ONC(=N)N. The summed E-state index contributed by atoms with van der Waals surface area (Å²) in [7, 11) is 0. The molecule has 1 rings (SSSR count). The lowest BCUT2D eigenvalue weighted by Gasteiger charge is -2.04. The number of carbonyl (C=O) groups excluding carboxylic acids is 1. The van der Waals surface area contributed by atoms with Crippen LogP contribution in [-0.2, 0) is 4.84 Å². The molecule has 0 bridgehead atoms. The molecule has 0 aromatic heterocycles. The molecule has 4 N–H and O–H groups in total. The summed E-state index contributed by atoms with van der Waals surface area (Å²) in [6.45, 7) is 0. The number of nitrogens with two attached hydrogens (primary N) is 1. The molecule has 0 spiro atoms. The van der Waals surface area contributed by atoms with Crippen molar-refractivity contribution in [1.29, 1.82) is 10.7 Å². The number of nitrogens with zero attached hydrogens (tertiary/aromatic N) is 1. The highest BCUT2D eigenvalue weighted by atomic mass is 16.7. The highest BCUT2D eigenvalue weighted by molar-refractivity contribution is 5.92. The van der Waals surface area contributed by atoms with Crippen molar-refractivity contribution in [2.45, 2.75) is 0 Å². The number of carbonyl (C=O) groups is 1. The fraction of sp³-hybridized carbons (Fsp3) is 0. The van der Waals surface area contributed by atoms with Gasteiger partial charge in [-0.3, -0.25) is 5.41 Å². The molecule has 0 aliphatic carbocycles. The van der Waals surface area contributed by atoms with Gasteiger partial charge in [-0.15, -0.1) is 0 Å². The molecule has 1 aromatic rings. The second-order valence-corrected chi connectivity index (χ2v) is 2.56. The Balaban J connectivity index is 2.83. The molecular weight excluding hydrogens is 196 g/mol. The maximum atomic E-state index is 11.3. The Morgan fingerprint density at radius 1 is 1.53 bits per heavy atom. The number of benzene rings is 1. The summed E-state index contributed by atoms with van der Waals surface area (Å²) in [5, 5.41) is 15.5. The van der Waals surface area contributed by atoms with E-state index in [2.05, 4.69) is 4.84 Å². The minimum Gasteiger partial charge on any atom is -0.368 e. The molecule has 0 amide bonds. The highest BCUT2D eigenvalue weighted by Crippen LogP contribution is 2.07. The van der Waals surface area contributed by atoms with Gasteiger partial charge in [0.2, 0.25) is 5.96 Å². The van der Waals surface area contributed by atoms with Crippen LogP contribution in [0.5, 0.6) is 0 Å². The van der Waals surface area contributed by atoms with Gasteiger partial charge in [0.05, 0.1) is 11.1 Å². The topological polar surface area (TPSA) is 112 Å². The molecule has 0 heterocycles. The van der Waals surface area contributed by atoms with E-state index in [0.29, 0.717) is 0 Å².